The summed E-state index contributed by atoms with van der Waals surface area (Å²) in [7, 11) is 0. The van der Waals surface area contributed by atoms with Gasteiger partial charge in [-0.2, -0.15) is 0 Å². The van der Waals surface area contributed by atoms with Gasteiger partial charge in [0.1, 0.15) is 12.4 Å². The van der Waals surface area contributed by atoms with Crippen molar-refractivity contribution in [3.05, 3.63) is 65.2 Å². The second-order valence-corrected chi connectivity index (χ2v) is 4.78. The summed E-state index contributed by atoms with van der Waals surface area (Å²) >= 11 is 0. The lowest BCUT2D eigenvalue weighted by atomic mass is 10.1. The monoisotopic (exact) mass is 255 g/mol. The number of rotatable bonds is 6. The van der Waals surface area contributed by atoms with Crippen molar-refractivity contribution in [1.82, 2.24) is 5.32 Å². The number of nitrogens with one attached hydrogen (secondary N) is 1. The van der Waals surface area contributed by atoms with Gasteiger partial charge in [-0.1, -0.05) is 42.5 Å². The van der Waals surface area contributed by atoms with Crippen LogP contribution in [0.25, 0.3) is 0 Å². The van der Waals surface area contributed by atoms with Crippen LogP contribution in [0.2, 0.25) is 0 Å². The molecule has 0 aliphatic carbocycles. The molecule has 0 aliphatic rings. The van der Waals surface area contributed by atoms with E-state index in [0.29, 0.717) is 6.61 Å². The van der Waals surface area contributed by atoms with Crippen LogP contribution in [-0.4, -0.2) is 13.2 Å². The van der Waals surface area contributed by atoms with Gasteiger partial charge in [-0.15, -0.1) is 0 Å². The summed E-state index contributed by atoms with van der Waals surface area (Å²) in [6.45, 7) is 6.59. The lowest BCUT2D eigenvalue weighted by Gasteiger charge is -2.10. The van der Waals surface area contributed by atoms with Crippen LogP contribution in [0.1, 0.15) is 16.7 Å². The van der Waals surface area contributed by atoms with Crippen LogP contribution >= 0.6 is 0 Å². The van der Waals surface area contributed by atoms with E-state index in [1.165, 1.54) is 16.7 Å². The molecule has 1 N–H and O–H groups in total. The maximum atomic E-state index is 5.79. The summed E-state index contributed by atoms with van der Waals surface area (Å²) in [5.41, 5.74) is 3.72. The minimum absolute atomic E-state index is 0.692. The predicted molar refractivity (Wildman–Crippen MR) is 79.6 cm³/mol. The van der Waals surface area contributed by atoms with Crippen LogP contribution in [-0.2, 0) is 6.54 Å². The number of ether oxygens (including phenoxy) is 1. The van der Waals surface area contributed by atoms with Gasteiger partial charge in [0.25, 0.3) is 0 Å². The van der Waals surface area contributed by atoms with Gasteiger partial charge in [0.2, 0.25) is 0 Å². The van der Waals surface area contributed by atoms with Gasteiger partial charge < -0.3 is 10.1 Å². The Bertz CT molecular complexity index is 508. The minimum atomic E-state index is 0.692. The van der Waals surface area contributed by atoms with Crippen LogP contribution in [0.3, 0.4) is 0 Å². The Kier molecular flexibility index (Phi) is 4.99. The molecule has 0 saturated heterocycles. The van der Waals surface area contributed by atoms with Crippen LogP contribution in [0.4, 0.5) is 0 Å². The molecule has 2 aromatic carbocycles. The van der Waals surface area contributed by atoms with Gasteiger partial charge in [0.15, 0.2) is 0 Å². The highest BCUT2D eigenvalue weighted by molar-refractivity contribution is 5.35. The molecule has 2 aromatic rings. The summed E-state index contributed by atoms with van der Waals surface area (Å²) in [4.78, 5) is 0. The summed E-state index contributed by atoms with van der Waals surface area (Å²) < 4.78 is 5.79. The van der Waals surface area contributed by atoms with E-state index in [1.54, 1.807) is 0 Å². The van der Waals surface area contributed by atoms with E-state index in [1.807, 2.05) is 6.07 Å². The lowest BCUT2D eigenvalue weighted by molar-refractivity contribution is 0.311. The first-order chi connectivity index (χ1) is 9.25. The Labute approximate surface area is 115 Å². The van der Waals surface area contributed by atoms with E-state index < -0.39 is 0 Å². The van der Waals surface area contributed by atoms with Gasteiger partial charge in [0, 0.05) is 13.1 Å². The van der Waals surface area contributed by atoms with Gasteiger partial charge in [-0.25, -0.2) is 0 Å². The molecule has 2 nitrogen and oxygen atoms in total. The first-order valence-electron chi connectivity index (χ1n) is 6.70. The molecule has 0 spiro atoms. The topological polar surface area (TPSA) is 21.3 Å². The molecule has 2 heteroatoms. The normalized spacial score (nSPS) is 10.4. The fraction of sp³-hybridized carbons (Fsp3) is 0.294. The molecule has 19 heavy (non-hydrogen) atoms. The molecular weight excluding hydrogens is 234 g/mol. The quantitative estimate of drug-likeness (QED) is 0.798. The average molecular weight is 255 g/mol. The smallest absolute Gasteiger partial charge is 0.122 e. The van der Waals surface area contributed by atoms with Crippen molar-refractivity contribution in [3.63, 3.8) is 0 Å². The summed E-state index contributed by atoms with van der Waals surface area (Å²) in [6, 6.07) is 16.7. The zero-order valence-electron chi connectivity index (χ0n) is 11.6. The van der Waals surface area contributed by atoms with Crippen LogP contribution < -0.4 is 10.1 Å². The molecule has 0 fully saturated rings. The Morgan fingerprint density at radius 1 is 1.00 bits per heavy atom. The fourth-order valence-corrected chi connectivity index (χ4v) is 1.92. The highest BCUT2D eigenvalue weighted by Crippen LogP contribution is 2.18. The molecular formula is C17H21NO. The maximum Gasteiger partial charge on any atom is 0.122 e. The van der Waals surface area contributed by atoms with E-state index in [9.17, 15) is 0 Å². The van der Waals surface area contributed by atoms with Gasteiger partial charge in [-0.3, -0.25) is 0 Å². The highest BCUT2D eigenvalue weighted by atomic mass is 16.5. The molecule has 0 bridgehead atoms. The van der Waals surface area contributed by atoms with Crippen LogP contribution in [0.15, 0.2) is 48.5 Å². The van der Waals surface area contributed by atoms with Crippen molar-refractivity contribution in [2.45, 2.75) is 20.4 Å². The molecule has 0 saturated carbocycles. The molecule has 0 heterocycles. The third-order valence-corrected chi connectivity index (χ3v) is 3.05. The lowest BCUT2D eigenvalue weighted by Crippen LogP contribution is -2.20. The Morgan fingerprint density at radius 2 is 1.79 bits per heavy atom. The Hall–Kier alpha value is -1.80. The van der Waals surface area contributed by atoms with E-state index in [4.69, 9.17) is 4.74 Å². The molecule has 2 rings (SSSR count). The van der Waals surface area contributed by atoms with Gasteiger partial charge >= 0.3 is 0 Å². The summed E-state index contributed by atoms with van der Waals surface area (Å²) in [6.07, 6.45) is 0. The SMILES string of the molecule is Cc1ccc(C)c(OCCNCc2ccccc2)c1. The zero-order valence-corrected chi connectivity index (χ0v) is 11.6. The Balaban J connectivity index is 1.71. The predicted octanol–water partition coefficient (Wildman–Crippen LogP) is 3.47. The number of hydrogen-bond donors (Lipinski definition) is 1. The van der Waals surface area contributed by atoms with E-state index in [2.05, 4.69) is 61.6 Å². The number of benzene rings is 2. The number of aryl methyl sites for hydroxylation is 2. The van der Waals surface area contributed by atoms with Gasteiger partial charge in [0.05, 0.1) is 0 Å². The molecule has 0 unspecified atom stereocenters. The second-order valence-electron chi connectivity index (χ2n) is 4.78. The van der Waals surface area contributed by atoms with E-state index in [-0.39, 0.29) is 0 Å². The molecule has 0 atom stereocenters. The third-order valence-electron chi connectivity index (χ3n) is 3.05. The van der Waals surface area contributed by atoms with E-state index >= 15 is 0 Å². The largest absolute Gasteiger partial charge is 0.492 e. The average Bonchev–Trinajstić information content (AvgIpc) is 2.43. The van der Waals surface area contributed by atoms with Crippen molar-refractivity contribution in [1.29, 1.82) is 0 Å². The van der Waals surface area contributed by atoms with Crippen molar-refractivity contribution < 1.29 is 4.74 Å². The van der Waals surface area contributed by atoms with Gasteiger partial charge in [-0.05, 0) is 36.6 Å². The standard InChI is InChI=1S/C17H21NO/c1-14-8-9-15(2)17(12-14)19-11-10-18-13-16-6-4-3-5-7-16/h3-9,12,18H,10-11,13H2,1-2H3. The highest BCUT2D eigenvalue weighted by Gasteiger charge is 1.99. The molecule has 0 radical (unpaired) electrons. The van der Waals surface area contributed by atoms with Crippen LogP contribution in [0, 0.1) is 13.8 Å². The molecule has 0 aliphatic heterocycles. The fourth-order valence-electron chi connectivity index (χ4n) is 1.92. The molecule has 100 valence electrons. The second kappa shape index (κ2) is 6.95. The van der Waals surface area contributed by atoms with Crippen molar-refractivity contribution in [2.24, 2.45) is 0 Å². The first-order valence-corrected chi connectivity index (χ1v) is 6.70. The minimum Gasteiger partial charge on any atom is -0.492 e. The third kappa shape index (κ3) is 4.42. The number of hydrogen-bond acceptors (Lipinski definition) is 2. The summed E-state index contributed by atoms with van der Waals surface area (Å²) in [5, 5.41) is 3.38. The Morgan fingerprint density at radius 3 is 2.58 bits per heavy atom. The summed E-state index contributed by atoms with van der Waals surface area (Å²) in [5.74, 6) is 0.988. The van der Waals surface area contributed by atoms with Crippen molar-refractivity contribution in [2.75, 3.05) is 13.2 Å². The zero-order chi connectivity index (χ0) is 13.5. The molecule has 0 aromatic heterocycles. The molecule has 0 amide bonds. The van der Waals surface area contributed by atoms with E-state index in [0.717, 1.165) is 18.8 Å². The maximum absolute atomic E-state index is 5.79. The van der Waals surface area contributed by atoms with Crippen LogP contribution in [0.5, 0.6) is 5.75 Å². The van der Waals surface area contributed by atoms with Crippen molar-refractivity contribution >= 4 is 0 Å². The van der Waals surface area contributed by atoms with Crippen molar-refractivity contribution in [3.8, 4) is 5.75 Å². The first kappa shape index (κ1) is 13.6.